The number of anilines is 1. The van der Waals surface area contributed by atoms with E-state index in [9.17, 15) is 9.59 Å². The molecule has 232 valence electrons. The second kappa shape index (κ2) is 13.1. The number of hydrogen-bond donors (Lipinski definition) is 0. The number of aryl methyl sites for hydroxylation is 2. The van der Waals surface area contributed by atoms with Crippen LogP contribution in [0.25, 0.3) is 0 Å². The van der Waals surface area contributed by atoms with Gasteiger partial charge in [-0.3, -0.25) is 14.5 Å². The van der Waals surface area contributed by atoms with E-state index in [1.807, 2.05) is 23.6 Å². The Bertz CT molecular complexity index is 1420. The molecule has 0 spiro atoms. The van der Waals surface area contributed by atoms with Crippen LogP contribution in [0.4, 0.5) is 5.69 Å². The van der Waals surface area contributed by atoms with E-state index in [2.05, 4.69) is 81.3 Å². The van der Waals surface area contributed by atoms with Crippen molar-refractivity contribution in [2.75, 3.05) is 37.6 Å². The SMILES string of the molecule is Cc1ncnc(C)c1C(=O)N1CCC(C)(N2CCC(N(Cc3ccccc3)c3ccc(CN4CCCC4=O)cc3)CC2)CC1. The Morgan fingerprint density at radius 3 is 2.16 bits per heavy atom. The summed E-state index contributed by atoms with van der Waals surface area (Å²) in [5, 5.41) is 0. The normalized spacial score (nSPS) is 19.4. The summed E-state index contributed by atoms with van der Waals surface area (Å²) in [6.45, 7) is 12.3. The lowest BCUT2D eigenvalue weighted by Gasteiger charge is -2.50. The maximum Gasteiger partial charge on any atom is 0.257 e. The molecule has 1 aromatic heterocycles. The number of aromatic nitrogens is 2. The Balaban J connectivity index is 1.10. The lowest BCUT2D eigenvalue weighted by atomic mass is 9.85. The highest BCUT2D eigenvalue weighted by Crippen LogP contribution is 2.34. The molecule has 3 aromatic rings. The van der Waals surface area contributed by atoms with E-state index in [1.165, 1.54) is 23.1 Å². The summed E-state index contributed by atoms with van der Waals surface area (Å²) in [6, 6.07) is 20.1. The van der Waals surface area contributed by atoms with Crippen LogP contribution in [0.3, 0.4) is 0 Å². The number of nitrogens with zero attached hydrogens (tertiary/aromatic N) is 6. The van der Waals surface area contributed by atoms with Crippen molar-refractivity contribution in [3.8, 4) is 0 Å². The number of amides is 2. The molecule has 3 aliphatic heterocycles. The van der Waals surface area contributed by atoms with Crippen LogP contribution in [0.15, 0.2) is 60.9 Å². The maximum atomic E-state index is 13.4. The van der Waals surface area contributed by atoms with Crippen LogP contribution in [0.1, 0.15) is 78.3 Å². The van der Waals surface area contributed by atoms with Gasteiger partial charge < -0.3 is 14.7 Å². The van der Waals surface area contributed by atoms with E-state index in [0.29, 0.717) is 24.6 Å². The van der Waals surface area contributed by atoms with Crippen LogP contribution >= 0.6 is 0 Å². The van der Waals surface area contributed by atoms with E-state index >= 15 is 0 Å². The number of carbonyl (C=O) groups excluding carboxylic acids is 2. The van der Waals surface area contributed by atoms with Gasteiger partial charge in [0.2, 0.25) is 5.91 Å². The van der Waals surface area contributed by atoms with Crippen molar-refractivity contribution in [1.82, 2.24) is 24.7 Å². The first kappa shape index (κ1) is 30.3. The van der Waals surface area contributed by atoms with Gasteiger partial charge in [0.1, 0.15) is 6.33 Å². The highest BCUT2D eigenvalue weighted by molar-refractivity contribution is 5.96. The molecule has 2 aromatic carbocycles. The van der Waals surface area contributed by atoms with Crippen molar-refractivity contribution >= 4 is 17.5 Å². The number of likely N-dealkylation sites (tertiary alicyclic amines) is 3. The highest BCUT2D eigenvalue weighted by Gasteiger charge is 2.39. The van der Waals surface area contributed by atoms with Crippen molar-refractivity contribution in [3.63, 3.8) is 0 Å². The van der Waals surface area contributed by atoms with Gasteiger partial charge >= 0.3 is 0 Å². The van der Waals surface area contributed by atoms with Gasteiger partial charge in [0.25, 0.3) is 5.91 Å². The molecule has 6 rings (SSSR count). The number of piperidine rings is 2. The zero-order chi connectivity index (χ0) is 30.7. The zero-order valence-electron chi connectivity index (χ0n) is 26.5. The Morgan fingerprint density at radius 2 is 1.55 bits per heavy atom. The number of benzene rings is 2. The largest absolute Gasteiger partial charge is 0.364 e. The summed E-state index contributed by atoms with van der Waals surface area (Å²) >= 11 is 0. The summed E-state index contributed by atoms with van der Waals surface area (Å²) < 4.78 is 0. The molecule has 8 nitrogen and oxygen atoms in total. The molecular weight excluding hydrogens is 548 g/mol. The molecule has 0 N–H and O–H groups in total. The van der Waals surface area contributed by atoms with E-state index < -0.39 is 0 Å². The molecule has 2 amide bonds. The van der Waals surface area contributed by atoms with Gasteiger partial charge in [-0.05, 0) is 76.1 Å². The van der Waals surface area contributed by atoms with Crippen LogP contribution < -0.4 is 4.90 Å². The molecule has 3 saturated heterocycles. The fraction of sp³-hybridized carbons (Fsp3) is 0.500. The molecule has 3 aliphatic rings. The first-order valence-electron chi connectivity index (χ1n) is 16.3. The molecule has 44 heavy (non-hydrogen) atoms. The first-order valence-corrected chi connectivity index (χ1v) is 16.3. The summed E-state index contributed by atoms with van der Waals surface area (Å²) in [7, 11) is 0. The van der Waals surface area contributed by atoms with E-state index in [0.717, 1.165) is 82.8 Å². The Labute approximate surface area is 262 Å². The van der Waals surface area contributed by atoms with Crippen molar-refractivity contribution < 1.29 is 9.59 Å². The van der Waals surface area contributed by atoms with Crippen molar-refractivity contribution in [2.45, 2.75) is 84.0 Å². The lowest BCUT2D eigenvalue weighted by molar-refractivity contribution is -0.128. The molecular formula is C36H46N6O2. The fourth-order valence-corrected chi connectivity index (χ4v) is 7.38. The molecule has 4 heterocycles. The topological polar surface area (TPSA) is 72.9 Å². The standard InChI is InChI=1S/C36H46N6O2/c1-27-34(28(2)38-26-37-27)35(44)39-22-17-36(3,18-23-39)41-20-15-32(16-21-41)42(25-29-8-5-4-6-9-29)31-13-11-30(12-14-31)24-40-19-7-10-33(40)43/h4-6,8-9,11-14,26,32H,7,10,15-25H2,1-3H3. The minimum atomic E-state index is 0.0657. The second-order valence-electron chi connectivity index (χ2n) is 13.1. The average molecular weight is 595 g/mol. The average Bonchev–Trinajstić information content (AvgIpc) is 3.45. The third-order valence-electron chi connectivity index (χ3n) is 10.2. The van der Waals surface area contributed by atoms with Crippen LogP contribution in [-0.4, -0.2) is 80.8 Å². The van der Waals surface area contributed by atoms with Gasteiger partial charge in [-0.25, -0.2) is 9.97 Å². The molecule has 0 unspecified atom stereocenters. The highest BCUT2D eigenvalue weighted by atomic mass is 16.2. The molecule has 0 radical (unpaired) electrons. The van der Waals surface area contributed by atoms with Gasteiger partial charge in [-0.2, -0.15) is 0 Å². The van der Waals surface area contributed by atoms with E-state index in [1.54, 1.807) is 0 Å². The third-order valence-corrected chi connectivity index (χ3v) is 10.2. The fourth-order valence-electron chi connectivity index (χ4n) is 7.38. The van der Waals surface area contributed by atoms with Crippen LogP contribution in [0.2, 0.25) is 0 Å². The molecule has 0 saturated carbocycles. The van der Waals surface area contributed by atoms with Gasteiger partial charge in [-0.1, -0.05) is 42.5 Å². The minimum absolute atomic E-state index is 0.0657. The van der Waals surface area contributed by atoms with Gasteiger partial charge in [0.05, 0.1) is 17.0 Å². The first-order chi connectivity index (χ1) is 21.3. The lowest BCUT2D eigenvalue weighted by Crippen LogP contribution is -2.58. The summed E-state index contributed by atoms with van der Waals surface area (Å²) in [5.74, 6) is 0.337. The quantitative estimate of drug-likeness (QED) is 0.349. The monoisotopic (exact) mass is 594 g/mol. The Hall–Kier alpha value is -3.78. The van der Waals surface area contributed by atoms with Crippen LogP contribution in [-0.2, 0) is 17.9 Å². The molecule has 3 fully saturated rings. The molecule has 8 heteroatoms. The smallest absolute Gasteiger partial charge is 0.257 e. The summed E-state index contributed by atoms with van der Waals surface area (Å²) in [5.41, 5.74) is 6.04. The van der Waals surface area contributed by atoms with Crippen LogP contribution in [0, 0.1) is 13.8 Å². The number of carbonyl (C=O) groups is 2. The van der Waals surface area contributed by atoms with Gasteiger partial charge in [0, 0.05) is 69.5 Å². The maximum absolute atomic E-state index is 13.4. The third kappa shape index (κ3) is 6.50. The molecule has 0 aliphatic carbocycles. The van der Waals surface area contributed by atoms with Crippen molar-refractivity contribution in [3.05, 3.63) is 89.0 Å². The number of hydrogen-bond acceptors (Lipinski definition) is 6. The molecule has 0 atom stereocenters. The summed E-state index contributed by atoms with van der Waals surface area (Å²) in [4.78, 5) is 43.3. The zero-order valence-corrected chi connectivity index (χ0v) is 26.5. The predicted molar refractivity (Wildman–Crippen MR) is 173 cm³/mol. The summed E-state index contributed by atoms with van der Waals surface area (Å²) in [6.07, 6.45) is 7.35. The second-order valence-corrected chi connectivity index (χ2v) is 13.1. The molecule has 0 bridgehead atoms. The predicted octanol–water partition coefficient (Wildman–Crippen LogP) is 5.38. The Kier molecular flexibility index (Phi) is 8.98. The van der Waals surface area contributed by atoms with Crippen molar-refractivity contribution in [2.24, 2.45) is 0 Å². The van der Waals surface area contributed by atoms with E-state index in [4.69, 9.17) is 0 Å². The Morgan fingerprint density at radius 1 is 0.886 bits per heavy atom. The van der Waals surface area contributed by atoms with E-state index in [-0.39, 0.29) is 17.4 Å². The minimum Gasteiger partial charge on any atom is -0.364 e. The van der Waals surface area contributed by atoms with Gasteiger partial charge in [-0.15, -0.1) is 0 Å². The number of rotatable bonds is 8. The van der Waals surface area contributed by atoms with Crippen LogP contribution in [0.5, 0.6) is 0 Å². The van der Waals surface area contributed by atoms with Gasteiger partial charge in [0.15, 0.2) is 0 Å². The van der Waals surface area contributed by atoms with Crippen molar-refractivity contribution in [1.29, 1.82) is 0 Å².